The van der Waals surface area contributed by atoms with E-state index in [1.165, 1.54) is 0 Å². The van der Waals surface area contributed by atoms with Gasteiger partial charge in [-0.15, -0.1) is 0 Å². The summed E-state index contributed by atoms with van der Waals surface area (Å²) < 4.78 is 32.6. The second-order valence-corrected chi connectivity index (χ2v) is 8.45. The van der Waals surface area contributed by atoms with Gasteiger partial charge in [-0.1, -0.05) is 31.2 Å². The fourth-order valence-corrected chi connectivity index (χ4v) is 3.74. The van der Waals surface area contributed by atoms with E-state index in [1.54, 1.807) is 24.3 Å². The van der Waals surface area contributed by atoms with Crippen molar-refractivity contribution < 1.29 is 17.9 Å². The van der Waals surface area contributed by atoms with Gasteiger partial charge >= 0.3 is 0 Å². The third-order valence-corrected chi connectivity index (χ3v) is 6.08. The molecule has 0 aromatic heterocycles. The first-order valence-electron chi connectivity index (χ1n) is 9.29. The van der Waals surface area contributed by atoms with Crippen LogP contribution in [0, 0.1) is 20.8 Å². The van der Waals surface area contributed by atoms with E-state index in [2.05, 4.69) is 10.0 Å². The van der Waals surface area contributed by atoms with Crippen molar-refractivity contribution in [2.75, 3.05) is 19.7 Å². The summed E-state index contributed by atoms with van der Waals surface area (Å²) in [6, 6.07) is 10.7. The van der Waals surface area contributed by atoms with Crippen molar-refractivity contribution in [2.24, 2.45) is 0 Å². The number of hydrogen-bond donors (Lipinski definition) is 2. The van der Waals surface area contributed by atoms with Crippen LogP contribution in [0.2, 0.25) is 0 Å². The van der Waals surface area contributed by atoms with Gasteiger partial charge in [0.1, 0.15) is 5.75 Å². The number of hydrogen-bond acceptors (Lipinski definition) is 4. The fraction of sp³-hybridized carbons (Fsp3) is 0.381. The topological polar surface area (TPSA) is 84.5 Å². The summed E-state index contributed by atoms with van der Waals surface area (Å²) in [6.45, 7) is 8.06. The highest BCUT2D eigenvalue weighted by molar-refractivity contribution is 7.89. The molecule has 7 heteroatoms. The lowest BCUT2D eigenvalue weighted by Gasteiger charge is -2.14. The molecule has 2 N–H and O–H groups in total. The maximum absolute atomic E-state index is 12.2. The maximum Gasteiger partial charge on any atom is 0.257 e. The molecule has 0 aliphatic rings. The van der Waals surface area contributed by atoms with Gasteiger partial charge in [0.05, 0.1) is 4.90 Å². The number of amides is 1. The molecule has 2 rings (SSSR count). The van der Waals surface area contributed by atoms with Gasteiger partial charge in [-0.05, 0) is 61.6 Å². The lowest BCUT2D eigenvalue weighted by Crippen LogP contribution is -2.36. The van der Waals surface area contributed by atoms with Gasteiger partial charge in [-0.2, -0.15) is 0 Å². The van der Waals surface area contributed by atoms with Gasteiger partial charge in [-0.3, -0.25) is 4.79 Å². The van der Waals surface area contributed by atoms with Gasteiger partial charge in [0.2, 0.25) is 10.0 Å². The average Bonchev–Trinajstić information content (AvgIpc) is 2.68. The van der Waals surface area contributed by atoms with E-state index in [9.17, 15) is 13.2 Å². The van der Waals surface area contributed by atoms with Crippen molar-refractivity contribution in [3.63, 3.8) is 0 Å². The molecule has 2 aromatic carbocycles. The summed E-state index contributed by atoms with van der Waals surface area (Å²) in [5.41, 5.74) is 4.15. The largest absolute Gasteiger partial charge is 0.483 e. The standard InChI is InChI=1S/C21H28N2O4S/c1-5-18-8-10-19(11-9-18)28(25,26)23-13-12-22-20(24)14-27-21-16(3)7-6-15(2)17(21)4/h6-11,23H,5,12-14H2,1-4H3,(H,22,24). The maximum atomic E-state index is 12.2. The number of sulfonamides is 1. The molecule has 0 radical (unpaired) electrons. The third-order valence-electron chi connectivity index (χ3n) is 4.60. The van der Waals surface area contributed by atoms with Crippen LogP contribution in [0.15, 0.2) is 41.3 Å². The first-order chi connectivity index (χ1) is 13.2. The van der Waals surface area contributed by atoms with Gasteiger partial charge in [0.15, 0.2) is 6.61 Å². The number of aryl methyl sites for hydroxylation is 3. The molecule has 1 amide bonds. The molecular weight excluding hydrogens is 376 g/mol. The monoisotopic (exact) mass is 404 g/mol. The van der Waals surface area contributed by atoms with Crippen LogP contribution < -0.4 is 14.8 Å². The molecule has 0 spiro atoms. The zero-order chi connectivity index (χ0) is 20.7. The number of carbonyl (C=O) groups excluding carboxylic acids is 1. The van der Waals surface area contributed by atoms with E-state index in [0.29, 0.717) is 5.75 Å². The van der Waals surface area contributed by atoms with Crippen molar-refractivity contribution in [2.45, 2.75) is 39.0 Å². The second kappa shape index (κ2) is 9.71. The molecule has 28 heavy (non-hydrogen) atoms. The minimum absolute atomic E-state index is 0.103. The van der Waals surface area contributed by atoms with E-state index < -0.39 is 10.0 Å². The molecule has 0 saturated carbocycles. The summed E-state index contributed by atoms with van der Waals surface area (Å²) in [7, 11) is -3.59. The Hall–Kier alpha value is -2.38. The van der Waals surface area contributed by atoms with Crippen molar-refractivity contribution in [3.8, 4) is 5.75 Å². The Morgan fingerprint density at radius 3 is 2.25 bits per heavy atom. The minimum Gasteiger partial charge on any atom is -0.483 e. The highest BCUT2D eigenvalue weighted by Gasteiger charge is 2.13. The number of nitrogens with one attached hydrogen (secondary N) is 2. The summed E-state index contributed by atoms with van der Waals surface area (Å²) >= 11 is 0. The molecule has 0 bridgehead atoms. The Labute approximate surface area is 167 Å². The van der Waals surface area contributed by atoms with Gasteiger partial charge in [0.25, 0.3) is 5.91 Å². The van der Waals surface area contributed by atoms with Crippen LogP contribution in [-0.2, 0) is 21.2 Å². The lowest BCUT2D eigenvalue weighted by atomic mass is 10.1. The predicted molar refractivity (Wildman–Crippen MR) is 110 cm³/mol. The van der Waals surface area contributed by atoms with Crippen LogP contribution in [0.5, 0.6) is 5.75 Å². The van der Waals surface area contributed by atoms with Crippen molar-refractivity contribution in [3.05, 3.63) is 58.7 Å². The molecule has 0 aliphatic heterocycles. The fourth-order valence-electron chi connectivity index (χ4n) is 2.71. The first-order valence-corrected chi connectivity index (χ1v) is 10.8. The summed E-state index contributed by atoms with van der Waals surface area (Å²) in [5.74, 6) is 0.415. The van der Waals surface area contributed by atoms with Crippen LogP contribution in [0.3, 0.4) is 0 Å². The minimum atomic E-state index is -3.59. The molecule has 0 heterocycles. The predicted octanol–water partition coefficient (Wildman–Crippen LogP) is 2.65. The molecule has 0 unspecified atom stereocenters. The molecule has 2 aromatic rings. The van der Waals surface area contributed by atoms with Crippen molar-refractivity contribution in [1.29, 1.82) is 0 Å². The molecule has 0 fully saturated rings. The first kappa shape index (κ1) is 21.9. The Bertz CT molecular complexity index is 922. The number of rotatable bonds is 9. The lowest BCUT2D eigenvalue weighted by molar-refractivity contribution is -0.123. The Balaban J connectivity index is 1.78. The molecule has 0 saturated heterocycles. The van der Waals surface area contributed by atoms with Crippen LogP contribution in [0.25, 0.3) is 0 Å². The van der Waals surface area contributed by atoms with Crippen molar-refractivity contribution in [1.82, 2.24) is 10.0 Å². The van der Waals surface area contributed by atoms with Crippen LogP contribution >= 0.6 is 0 Å². The second-order valence-electron chi connectivity index (χ2n) is 6.69. The zero-order valence-corrected chi connectivity index (χ0v) is 17.7. The van der Waals surface area contributed by atoms with Gasteiger partial charge in [0, 0.05) is 13.1 Å². The van der Waals surface area contributed by atoms with E-state index in [1.807, 2.05) is 39.8 Å². The summed E-state index contributed by atoms with van der Waals surface area (Å²) in [5, 5.41) is 2.66. The number of ether oxygens (including phenoxy) is 1. The SMILES string of the molecule is CCc1ccc(S(=O)(=O)NCCNC(=O)COc2c(C)ccc(C)c2C)cc1. The van der Waals surface area contributed by atoms with E-state index in [0.717, 1.165) is 28.7 Å². The highest BCUT2D eigenvalue weighted by Crippen LogP contribution is 2.25. The van der Waals surface area contributed by atoms with Gasteiger partial charge in [-0.25, -0.2) is 13.1 Å². The smallest absolute Gasteiger partial charge is 0.257 e. The molecular formula is C21H28N2O4S. The number of benzene rings is 2. The zero-order valence-electron chi connectivity index (χ0n) is 16.8. The Kier molecular flexibility index (Phi) is 7.60. The van der Waals surface area contributed by atoms with E-state index in [4.69, 9.17) is 4.74 Å². The van der Waals surface area contributed by atoms with Gasteiger partial charge < -0.3 is 10.1 Å². The Morgan fingerprint density at radius 1 is 0.964 bits per heavy atom. The quantitative estimate of drug-likeness (QED) is 0.629. The average molecular weight is 405 g/mol. The molecule has 0 aliphatic carbocycles. The molecule has 152 valence electrons. The van der Waals surface area contributed by atoms with Crippen LogP contribution in [0.4, 0.5) is 0 Å². The normalized spacial score (nSPS) is 11.3. The molecule has 0 atom stereocenters. The third kappa shape index (κ3) is 5.81. The van der Waals surface area contributed by atoms with Crippen LogP contribution in [-0.4, -0.2) is 34.0 Å². The van der Waals surface area contributed by atoms with Crippen LogP contribution in [0.1, 0.15) is 29.2 Å². The summed E-state index contributed by atoms with van der Waals surface area (Å²) in [6.07, 6.45) is 0.851. The van der Waals surface area contributed by atoms with Crippen molar-refractivity contribution >= 4 is 15.9 Å². The van der Waals surface area contributed by atoms with E-state index >= 15 is 0 Å². The number of carbonyl (C=O) groups is 1. The highest BCUT2D eigenvalue weighted by atomic mass is 32.2. The summed E-state index contributed by atoms with van der Waals surface area (Å²) in [4.78, 5) is 12.2. The van der Waals surface area contributed by atoms with E-state index in [-0.39, 0.29) is 30.5 Å². The molecule has 6 nitrogen and oxygen atoms in total. The Morgan fingerprint density at radius 2 is 1.61 bits per heavy atom.